The Balaban J connectivity index is 2.11. The first-order valence-electron chi connectivity index (χ1n) is 5.91. The van der Waals surface area contributed by atoms with Gasteiger partial charge in [0.15, 0.2) is 0 Å². The number of hydrogen-bond acceptors (Lipinski definition) is 3. The molecule has 3 N–H and O–H groups in total. The van der Waals surface area contributed by atoms with Crippen LogP contribution >= 0.6 is 0 Å². The van der Waals surface area contributed by atoms with Crippen molar-refractivity contribution in [3.05, 3.63) is 29.3 Å². The van der Waals surface area contributed by atoms with Gasteiger partial charge in [0.05, 0.1) is 5.56 Å². The number of benzene rings is 1. The van der Waals surface area contributed by atoms with Gasteiger partial charge in [-0.2, -0.15) is 0 Å². The minimum Gasteiger partial charge on any atom is -0.478 e. The monoisotopic (exact) mass is 262 g/mol. The van der Waals surface area contributed by atoms with Crippen LogP contribution in [-0.2, 0) is 9.59 Å². The maximum atomic E-state index is 11.9. The van der Waals surface area contributed by atoms with Gasteiger partial charge in [-0.1, -0.05) is 6.07 Å². The van der Waals surface area contributed by atoms with E-state index in [1.165, 1.54) is 6.07 Å². The lowest BCUT2D eigenvalue weighted by Gasteiger charge is -2.12. The Bertz CT molecular complexity index is 554. The highest BCUT2D eigenvalue weighted by atomic mass is 16.4. The largest absolute Gasteiger partial charge is 0.478 e. The second-order valence-electron chi connectivity index (χ2n) is 4.48. The van der Waals surface area contributed by atoms with E-state index in [0.717, 1.165) is 0 Å². The molecule has 1 saturated heterocycles. The number of carbonyl (C=O) groups excluding carboxylic acids is 2. The molecule has 19 heavy (non-hydrogen) atoms. The molecule has 0 spiro atoms. The summed E-state index contributed by atoms with van der Waals surface area (Å²) in [6.45, 7) is 1.69. The summed E-state index contributed by atoms with van der Waals surface area (Å²) in [4.78, 5) is 33.9. The number of rotatable bonds is 3. The van der Waals surface area contributed by atoms with Crippen LogP contribution in [0.15, 0.2) is 18.2 Å². The highest BCUT2D eigenvalue weighted by molar-refractivity contribution is 6.00. The Kier molecular flexibility index (Phi) is 3.50. The van der Waals surface area contributed by atoms with Crippen LogP contribution in [0.2, 0.25) is 0 Å². The molecule has 0 aliphatic carbocycles. The maximum absolute atomic E-state index is 11.9. The number of aryl methyl sites for hydroxylation is 1. The first-order chi connectivity index (χ1) is 8.97. The van der Waals surface area contributed by atoms with Crippen molar-refractivity contribution in [3.63, 3.8) is 0 Å². The van der Waals surface area contributed by atoms with Crippen LogP contribution in [0.4, 0.5) is 5.69 Å². The molecule has 1 aliphatic heterocycles. The molecule has 6 heteroatoms. The standard InChI is InChI=1S/C13H14N2O4/c1-7-2-3-8(6-9(7)13(18)19)14-12(17)10-4-5-11(16)15-10/h2-3,6,10H,4-5H2,1H3,(H,14,17)(H,15,16)(H,18,19)/t10-/m0/s1. The lowest BCUT2D eigenvalue weighted by atomic mass is 10.1. The summed E-state index contributed by atoms with van der Waals surface area (Å²) in [5.41, 5.74) is 1.18. The molecule has 1 heterocycles. The van der Waals surface area contributed by atoms with Crippen molar-refractivity contribution in [2.75, 3.05) is 5.32 Å². The zero-order chi connectivity index (χ0) is 14.0. The molecule has 1 fully saturated rings. The summed E-state index contributed by atoms with van der Waals surface area (Å²) in [5.74, 6) is -1.51. The van der Waals surface area contributed by atoms with Crippen LogP contribution in [0.5, 0.6) is 0 Å². The van der Waals surface area contributed by atoms with Crippen molar-refractivity contribution < 1.29 is 19.5 Å². The Hall–Kier alpha value is -2.37. The van der Waals surface area contributed by atoms with Gasteiger partial charge in [0.2, 0.25) is 11.8 Å². The van der Waals surface area contributed by atoms with Gasteiger partial charge in [0.25, 0.3) is 0 Å². The summed E-state index contributed by atoms with van der Waals surface area (Å²) in [7, 11) is 0. The van der Waals surface area contributed by atoms with Gasteiger partial charge >= 0.3 is 5.97 Å². The van der Waals surface area contributed by atoms with Crippen molar-refractivity contribution in [2.24, 2.45) is 0 Å². The summed E-state index contributed by atoms with van der Waals surface area (Å²) in [5, 5.41) is 14.2. The highest BCUT2D eigenvalue weighted by Gasteiger charge is 2.27. The summed E-state index contributed by atoms with van der Waals surface area (Å²) in [6, 6.07) is 4.14. The van der Waals surface area contributed by atoms with Gasteiger partial charge in [0.1, 0.15) is 6.04 Å². The van der Waals surface area contributed by atoms with Crippen LogP contribution in [0.25, 0.3) is 0 Å². The first kappa shape index (κ1) is 13.1. The van der Waals surface area contributed by atoms with Crippen molar-refractivity contribution in [1.82, 2.24) is 5.32 Å². The molecule has 100 valence electrons. The number of amides is 2. The molecular weight excluding hydrogens is 248 g/mol. The molecule has 6 nitrogen and oxygen atoms in total. The summed E-state index contributed by atoms with van der Waals surface area (Å²) >= 11 is 0. The van der Waals surface area contributed by atoms with E-state index in [0.29, 0.717) is 24.1 Å². The zero-order valence-electron chi connectivity index (χ0n) is 10.4. The van der Waals surface area contributed by atoms with Gasteiger partial charge in [0, 0.05) is 12.1 Å². The van der Waals surface area contributed by atoms with E-state index >= 15 is 0 Å². The second-order valence-corrected chi connectivity index (χ2v) is 4.48. The van der Waals surface area contributed by atoms with E-state index in [-0.39, 0.29) is 17.4 Å². The predicted octanol–water partition coefficient (Wildman–Crippen LogP) is 0.910. The molecule has 1 aliphatic rings. The van der Waals surface area contributed by atoms with Crippen molar-refractivity contribution in [1.29, 1.82) is 0 Å². The SMILES string of the molecule is Cc1ccc(NC(=O)[C@@H]2CCC(=O)N2)cc1C(=O)O. The number of hydrogen-bond donors (Lipinski definition) is 3. The number of nitrogens with one attached hydrogen (secondary N) is 2. The molecular formula is C13H14N2O4. The van der Waals surface area contributed by atoms with Crippen LogP contribution in [-0.4, -0.2) is 28.9 Å². The zero-order valence-corrected chi connectivity index (χ0v) is 10.4. The molecule has 0 bridgehead atoms. The van der Waals surface area contributed by atoms with Crippen LogP contribution in [0, 0.1) is 6.92 Å². The highest BCUT2D eigenvalue weighted by Crippen LogP contribution is 2.17. The molecule has 1 aromatic carbocycles. The normalized spacial score (nSPS) is 17.9. The van der Waals surface area contributed by atoms with Crippen LogP contribution in [0.1, 0.15) is 28.8 Å². The first-order valence-corrected chi connectivity index (χ1v) is 5.91. The molecule has 1 atom stereocenters. The lowest BCUT2D eigenvalue weighted by molar-refractivity contribution is -0.122. The Labute approximate surface area is 109 Å². The van der Waals surface area contributed by atoms with Crippen molar-refractivity contribution in [2.45, 2.75) is 25.8 Å². The third-order valence-corrected chi connectivity index (χ3v) is 3.05. The van der Waals surface area contributed by atoms with E-state index < -0.39 is 12.0 Å². The minimum absolute atomic E-state index is 0.143. The van der Waals surface area contributed by atoms with E-state index in [1.807, 2.05) is 0 Å². The third-order valence-electron chi connectivity index (χ3n) is 3.05. The average Bonchev–Trinajstić information content (AvgIpc) is 2.78. The predicted molar refractivity (Wildman–Crippen MR) is 67.9 cm³/mol. The average molecular weight is 262 g/mol. The quantitative estimate of drug-likeness (QED) is 0.754. The molecule has 1 aromatic rings. The number of carbonyl (C=O) groups is 3. The van der Waals surface area contributed by atoms with Gasteiger partial charge in [-0.25, -0.2) is 4.79 Å². The van der Waals surface area contributed by atoms with Crippen molar-refractivity contribution >= 4 is 23.5 Å². The minimum atomic E-state index is -1.04. The molecule has 0 aromatic heterocycles. The number of carboxylic acids is 1. The lowest BCUT2D eigenvalue weighted by Crippen LogP contribution is -2.37. The van der Waals surface area contributed by atoms with Gasteiger partial charge in [-0.15, -0.1) is 0 Å². The van der Waals surface area contributed by atoms with Gasteiger partial charge in [-0.05, 0) is 31.0 Å². The van der Waals surface area contributed by atoms with Gasteiger partial charge < -0.3 is 15.7 Å². The van der Waals surface area contributed by atoms with Gasteiger partial charge in [-0.3, -0.25) is 9.59 Å². The van der Waals surface area contributed by atoms with E-state index in [2.05, 4.69) is 10.6 Å². The topological polar surface area (TPSA) is 95.5 Å². The van der Waals surface area contributed by atoms with Crippen LogP contribution < -0.4 is 10.6 Å². The molecule has 0 radical (unpaired) electrons. The Morgan fingerprint density at radius 3 is 2.74 bits per heavy atom. The Morgan fingerprint density at radius 1 is 1.42 bits per heavy atom. The number of carboxylic acid groups (broad SMARTS) is 1. The maximum Gasteiger partial charge on any atom is 0.336 e. The third kappa shape index (κ3) is 2.90. The molecule has 2 rings (SSSR count). The van der Waals surface area contributed by atoms with E-state index in [4.69, 9.17) is 5.11 Å². The van der Waals surface area contributed by atoms with E-state index in [1.54, 1.807) is 19.1 Å². The van der Waals surface area contributed by atoms with E-state index in [9.17, 15) is 14.4 Å². The molecule has 0 saturated carbocycles. The second kappa shape index (κ2) is 5.09. The van der Waals surface area contributed by atoms with Crippen LogP contribution in [0.3, 0.4) is 0 Å². The fourth-order valence-corrected chi connectivity index (χ4v) is 1.97. The smallest absolute Gasteiger partial charge is 0.336 e. The fraction of sp³-hybridized carbons (Fsp3) is 0.308. The molecule has 2 amide bonds. The van der Waals surface area contributed by atoms with Crippen molar-refractivity contribution in [3.8, 4) is 0 Å². The molecule has 0 unspecified atom stereocenters. The summed E-state index contributed by atoms with van der Waals surface area (Å²) < 4.78 is 0. The number of aromatic carboxylic acids is 1. The summed E-state index contributed by atoms with van der Waals surface area (Å²) in [6.07, 6.45) is 0.800. The number of anilines is 1. The fourth-order valence-electron chi connectivity index (χ4n) is 1.97. The Morgan fingerprint density at radius 2 is 2.16 bits per heavy atom.